The highest BCUT2D eigenvalue weighted by atomic mass is 32.1. The second kappa shape index (κ2) is 5.00. The third-order valence-corrected chi connectivity index (χ3v) is 4.84. The van der Waals surface area contributed by atoms with Gasteiger partial charge in [0.1, 0.15) is 24.0 Å². The molecule has 4 rings (SSSR count). The van der Waals surface area contributed by atoms with Crippen LogP contribution in [0.2, 0.25) is 0 Å². The van der Waals surface area contributed by atoms with E-state index in [1.807, 2.05) is 12.1 Å². The Hall–Kier alpha value is -2.14. The lowest BCUT2D eigenvalue weighted by atomic mass is 10.1. The fraction of sp³-hybridized carbons (Fsp3) is 0.250. The molecule has 3 aromatic rings. The Balaban J connectivity index is 1.50. The lowest BCUT2D eigenvalue weighted by Gasteiger charge is -2.12. The standard InChI is InChI=1S/C16H15N3OS/c1-10-8-21-15-14(10)18-9-19-16(15)17-7-12-6-11-4-2-3-5-13(11)20-12/h2-5,8-9,12H,6-7H2,1H3,(H,17,18,19). The van der Waals surface area contributed by atoms with Crippen LogP contribution in [0.5, 0.6) is 5.75 Å². The van der Waals surface area contributed by atoms with Crippen LogP contribution in [0.4, 0.5) is 5.82 Å². The number of benzene rings is 1. The minimum Gasteiger partial charge on any atom is -0.488 e. The SMILES string of the molecule is Cc1csc2c(NCC3Cc4ccccc4O3)ncnc12. The molecule has 1 atom stereocenters. The fourth-order valence-electron chi connectivity index (χ4n) is 2.67. The second-order valence-corrected chi connectivity index (χ2v) is 6.13. The molecule has 0 spiro atoms. The van der Waals surface area contributed by atoms with E-state index in [1.54, 1.807) is 17.7 Å². The van der Waals surface area contributed by atoms with Gasteiger partial charge >= 0.3 is 0 Å². The molecule has 0 fully saturated rings. The number of aryl methyl sites for hydroxylation is 1. The van der Waals surface area contributed by atoms with E-state index in [9.17, 15) is 0 Å². The quantitative estimate of drug-likeness (QED) is 0.804. The van der Waals surface area contributed by atoms with Crippen molar-refractivity contribution in [3.8, 4) is 5.75 Å². The molecule has 1 aliphatic rings. The van der Waals surface area contributed by atoms with Crippen molar-refractivity contribution in [2.24, 2.45) is 0 Å². The van der Waals surface area contributed by atoms with E-state index < -0.39 is 0 Å². The number of hydrogen-bond donors (Lipinski definition) is 1. The maximum atomic E-state index is 5.94. The van der Waals surface area contributed by atoms with Crippen molar-refractivity contribution in [3.05, 3.63) is 47.1 Å². The molecule has 1 aliphatic heterocycles. The molecule has 5 heteroatoms. The van der Waals surface area contributed by atoms with E-state index in [2.05, 4.69) is 39.7 Å². The van der Waals surface area contributed by atoms with Crippen molar-refractivity contribution in [2.45, 2.75) is 19.4 Å². The first kappa shape index (κ1) is 12.6. The Morgan fingerprint density at radius 1 is 1.33 bits per heavy atom. The molecule has 1 aromatic carbocycles. The predicted octanol–water partition coefficient (Wildman–Crippen LogP) is 3.42. The topological polar surface area (TPSA) is 47.0 Å². The van der Waals surface area contributed by atoms with Crippen LogP contribution in [0, 0.1) is 6.92 Å². The molecule has 0 aliphatic carbocycles. The maximum Gasteiger partial charge on any atom is 0.147 e. The van der Waals surface area contributed by atoms with Gasteiger partial charge in [0.15, 0.2) is 0 Å². The van der Waals surface area contributed by atoms with Crippen LogP contribution in [0.3, 0.4) is 0 Å². The fourth-order valence-corrected chi connectivity index (χ4v) is 3.64. The summed E-state index contributed by atoms with van der Waals surface area (Å²) in [4.78, 5) is 8.70. The molecular weight excluding hydrogens is 282 g/mol. The van der Waals surface area contributed by atoms with Gasteiger partial charge in [0.05, 0.1) is 16.8 Å². The van der Waals surface area contributed by atoms with E-state index in [0.29, 0.717) is 0 Å². The van der Waals surface area contributed by atoms with Gasteiger partial charge in [-0.15, -0.1) is 11.3 Å². The Bertz CT molecular complexity index is 774. The van der Waals surface area contributed by atoms with Gasteiger partial charge in [-0.25, -0.2) is 9.97 Å². The van der Waals surface area contributed by atoms with Crippen molar-refractivity contribution >= 4 is 27.4 Å². The molecule has 0 saturated heterocycles. The summed E-state index contributed by atoms with van der Waals surface area (Å²) >= 11 is 1.68. The Morgan fingerprint density at radius 3 is 3.14 bits per heavy atom. The molecule has 3 heterocycles. The van der Waals surface area contributed by atoms with Crippen LogP contribution >= 0.6 is 11.3 Å². The lowest BCUT2D eigenvalue weighted by molar-refractivity contribution is 0.246. The number of fused-ring (bicyclic) bond motifs is 2. The molecule has 1 N–H and O–H groups in total. The Kier molecular flexibility index (Phi) is 3.00. The molecule has 21 heavy (non-hydrogen) atoms. The van der Waals surface area contributed by atoms with Gasteiger partial charge in [-0.05, 0) is 29.5 Å². The third-order valence-electron chi connectivity index (χ3n) is 3.74. The smallest absolute Gasteiger partial charge is 0.147 e. The number of para-hydroxylation sites is 1. The molecule has 0 radical (unpaired) electrons. The number of nitrogens with zero attached hydrogens (tertiary/aromatic N) is 2. The van der Waals surface area contributed by atoms with Crippen LogP contribution in [-0.2, 0) is 6.42 Å². The average molecular weight is 297 g/mol. The number of aromatic nitrogens is 2. The van der Waals surface area contributed by atoms with Gasteiger partial charge in [-0.3, -0.25) is 0 Å². The molecule has 4 nitrogen and oxygen atoms in total. The molecule has 1 unspecified atom stereocenters. The minimum absolute atomic E-state index is 0.161. The zero-order valence-electron chi connectivity index (χ0n) is 11.7. The van der Waals surface area contributed by atoms with Crippen LogP contribution in [0.25, 0.3) is 10.2 Å². The summed E-state index contributed by atoms with van der Waals surface area (Å²) in [7, 11) is 0. The average Bonchev–Trinajstić information content (AvgIpc) is 3.09. The first-order chi connectivity index (χ1) is 10.3. The predicted molar refractivity (Wildman–Crippen MR) is 85.2 cm³/mol. The molecule has 0 bridgehead atoms. The molecule has 0 saturated carbocycles. The summed E-state index contributed by atoms with van der Waals surface area (Å²) in [5.41, 5.74) is 3.52. The van der Waals surface area contributed by atoms with Gasteiger partial charge in [-0.1, -0.05) is 18.2 Å². The molecule has 0 amide bonds. The molecule has 106 valence electrons. The maximum absolute atomic E-state index is 5.94. The number of rotatable bonds is 3. The largest absolute Gasteiger partial charge is 0.488 e. The van der Waals surface area contributed by atoms with E-state index >= 15 is 0 Å². The second-order valence-electron chi connectivity index (χ2n) is 5.25. The number of hydrogen-bond acceptors (Lipinski definition) is 5. The van der Waals surface area contributed by atoms with Crippen molar-refractivity contribution in [1.82, 2.24) is 9.97 Å². The molecular formula is C16H15N3OS. The molecule has 2 aromatic heterocycles. The summed E-state index contributed by atoms with van der Waals surface area (Å²) < 4.78 is 7.06. The van der Waals surface area contributed by atoms with E-state index in [4.69, 9.17) is 4.74 Å². The van der Waals surface area contributed by atoms with Gasteiger partial charge < -0.3 is 10.1 Å². The van der Waals surface area contributed by atoms with Crippen LogP contribution < -0.4 is 10.1 Å². The minimum atomic E-state index is 0.161. The van der Waals surface area contributed by atoms with Crippen LogP contribution in [0.1, 0.15) is 11.1 Å². The van der Waals surface area contributed by atoms with Crippen molar-refractivity contribution in [2.75, 3.05) is 11.9 Å². The number of ether oxygens (including phenoxy) is 1. The number of nitrogens with one attached hydrogen (secondary N) is 1. The van der Waals surface area contributed by atoms with Crippen LogP contribution in [0.15, 0.2) is 36.0 Å². The van der Waals surface area contributed by atoms with E-state index in [0.717, 1.165) is 34.7 Å². The summed E-state index contributed by atoms with van der Waals surface area (Å²) in [6.45, 7) is 2.82. The Morgan fingerprint density at radius 2 is 2.24 bits per heavy atom. The van der Waals surface area contributed by atoms with Gasteiger partial charge in [-0.2, -0.15) is 0 Å². The zero-order valence-corrected chi connectivity index (χ0v) is 12.5. The first-order valence-electron chi connectivity index (χ1n) is 6.98. The number of thiophene rings is 1. The summed E-state index contributed by atoms with van der Waals surface area (Å²) in [5, 5.41) is 5.53. The van der Waals surface area contributed by atoms with Gasteiger partial charge in [0.2, 0.25) is 0 Å². The monoisotopic (exact) mass is 297 g/mol. The van der Waals surface area contributed by atoms with Gasteiger partial charge in [0.25, 0.3) is 0 Å². The highest BCUT2D eigenvalue weighted by Crippen LogP contribution is 2.30. The Labute approximate surface area is 126 Å². The van der Waals surface area contributed by atoms with Crippen molar-refractivity contribution in [3.63, 3.8) is 0 Å². The highest BCUT2D eigenvalue weighted by Gasteiger charge is 2.22. The lowest BCUT2D eigenvalue weighted by Crippen LogP contribution is -2.24. The summed E-state index contributed by atoms with van der Waals surface area (Å²) in [6, 6.07) is 8.22. The zero-order chi connectivity index (χ0) is 14.2. The summed E-state index contributed by atoms with van der Waals surface area (Å²) in [6.07, 6.45) is 2.73. The van der Waals surface area contributed by atoms with E-state index in [1.165, 1.54) is 11.1 Å². The van der Waals surface area contributed by atoms with E-state index in [-0.39, 0.29) is 6.10 Å². The summed E-state index contributed by atoms with van der Waals surface area (Å²) in [5.74, 6) is 1.90. The first-order valence-corrected chi connectivity index (χ1v) is 7.86. The van der Waals surface area contributed by atoms with Crippen LogP contribution in [-0.4, -0.2) is 22.6 Å². The van der Waals surface area contributed by atoms with Crippen molar-refractivity contribution in [1.29, 1.82) is 0 Å². The third kappa shape index (κ3) is 2.23. The van der Waals surface area contributed by atoms with Gasteiger partial charge in [0, 0.05) is 6.42 Å². The highest BCUT2D eigenvalue weighted by molar-refractivity contribution is 7.18. The normalized spacial score (nSPS) is 16.7. The number of anilines is 1. The van der Waals surface area contributed by atoms with Crippen molar-refractivity contribution < 1.29 is 4.74 Å².